The molecule has 0 N–H and O–H groups in total. The quantitative estimate of drug-likeness (QED) is 0.363. The fourth-order valence-electron chi connectivity index (χ4n) is 5.21. The van der Waals surface area contributed by atoms with Gasteiger partial charge in [0.2, 0.25) is 0 Å². The first-order chi connectivity index (χ1) is 14.6. The van der Waals surface area contributed by atoms with Gasteiger partial charge < -0.3 is 18.7 Å². The lowest BCUT2D eigenvalue weighted by molar-refractivity contribution is -0.188. The number of rotatable bonds is 6. The highest BCUT2D eigenvalue weighted by Gasteiger charge is 2.59. The van der Waals surface area contributed by atoms with Crippen molar-refractivity contribution in [3.63, 3.8) is 0 Å². The molecule has 0 spiro atoms. The summed E-state index contributed by atoms with van der Waals surface area (Å²) in [7, 11) is 0. The minimum absolute atomic E-state index is 0.0790. The van der Waals surface area contributed by atoms with E-state index in [0.29, 0.717) is 24.8 Å². The van der Waals surface area contributed by atoms with Crippen molar-refractivity contribution in [2.45, 2.75) is 79.4 Å². The first-order valence-electron chi connectivity index (χ1n) is 11.2. The highest BCUT2D eigenvalue weighted by molar-refractivity contribution is 5.88. The number of ether oxygens (including phenoxy) is 2. The molecule has 1 aromatic rings. The second kappa shape index (κ2) is 9.01. The molecule has 2 aliphatic carbocycles. The Morgan fingerprint density at radius 1 is 1.29 bits per heavy atom. The summed E-state index contributed by atoms with van der Waals surface area (Å²) in [6, 6.07) is 0. The van der Waals surface area contributed by atoms with Gasteiger partial charge in [-0.05, 0) is 51.0 Å². The van der Waals surface area contributed by atoms with Gasteiger partial charge in [-0.25, -0.2) is 4.79 Å². The lowest BCUT2D eigenvalue weighted by Gasteiger charge is -2.53. The maximum Gasteiger partial charge on any atom is 0.333 e. The molecule has 3 rings (SSSR count). The number of hydrogen-bond donors (Lipinski definition) is 0. The van der Waals surface area contributed by atoms with Crippen molar-refractivity contribution < 1.29 is 28.3 Å². The minimum atomic E-state index is -0.691. The molecule has 0 radical (unpaired) electrons. The van der Waals surface area contributed by atoms with Crippen LogP contribution in [0.15, 0.2) is 22.3 Å². The minimum Gasteiger partial charge on any atom is -0.469 e. The highest BCUT2D eigenvalue weighted by atomic mass is 16.6. The van der Waals surface area contributed by atoms with Gasteiger partial charge in [-0.2, -0.15) is 0 Å². The third-order valence-electron chi connectivity index (χ3n) is 7.14. The van der Waals surface area contributed by atoms with Crippen LogP contribution in [0, 0.1) is 30.1 Å². The molecule has 6 heteroatoms. The Hall–Kier alpha value is -2.37. The number of esters is 2. The van der Waals surface area contributed by atoms with Gasteiger partial charge in [0.15, 0.2) is 0 Å². The number of carbonyl (C=O) groups excluding carboxylic acids is 3. The van der Waals surface area contributed by atoms with Gasteiger partial charge in [-0.15, -0.1) is 0 Å². The molecule has 1 saturated carbocycles. The van der Waals surface area contributed by atoms with Crippen LogP contribution in [0.4, 0.5) is 0 Å². The topological polar surface area (TPSA) is 82.8 Å². The average Bonchev–Trinajstić information content (AvgIpc) is 3.07. The number of hydrogen-bond acceptors (Lipinski definition) is 6. The second-order valence-corrected chi connectivity index (χ2v) is 9.65. The molecule has 170 valence electrons. The van der Waals surface area contributed by atoms with Crippen molar-refractivity contribution in [2.24, 2.45) is 23.2 Å². The van der Waals surface area contributed by atoms with Crippen molar-refractivity contribution in [1.82, 2.24) is 0 Å². The van der Waals surface area contributed by atoms with E-state index in [-0.39, 0.29) is 17.8 Å². The number of aryl methyl sites for hydroxylation is 1. The first-order valence-corrected chi connectivity index (χ1v) is 11.2. The van der Waals surface area contributed by atoms with Crippen LogP contribution in [0.25, 0.3) is 0 Å². The van der Waals surface area contributed by atoms with Crippen LogP contribution >= 0.6 is 0 Å². The lowest BCUT2D eigenvalue weighted by atomic mass is 9.53. The smallest absolute Gasteiger partial charge is 0.333 e. The maximum absolute atomic E-state index is 12.7. The van der Waals surface area contributed by atoms with E-state index >= 15 is 0 Å². The fourth-order valence-corrected chi connectivity index (χ4v) is 5.21. The van der Waals surface area contributed by atoms with Crippen molar-refractivity contribution >= 4 is 18.2 Å². The van der Waals surface area contributed by atoms with E-state index in [1.165, 1.54) is 0 Å². The summed E-state index contributed by atoms with van der Waals surface area (Å²) >= 11 is 0. The van der Waals surface area contributed by atoms with Gasteiger partial charge in [0, 0.05) is 29.4 Å². The SMILES string of the molecule is CC=C(C)C(=O)OC1CCC2Cc3occ(C)c3C(OC(=O)CC(C)C)C2(C)C1C=O. The van der Waals surface area contributed by atoms with E-state index in [0.717, 1.165) is 29.6 Å². The van der Waals surface area contributed by atoms with E-state index in [9.17, 15) is 14.4 Å². The van der Waals surface area contributed by atoms with Crippen LogP contribution in [0.2, 0.25) is 0 Å². The Balaban J connectivity index is 2.01. The lowest BCUT2D eigenvalue weighted by Crippen LogP contribution is -2.54. The van der Waals surface area contributed by atoms with Crippen molar-refractivity contribution in [2.75, 3.05) is 0 Å². The van der Waals surface area contributed by atoms with Crippen molar-refractivity contribution in [1.29, 1.82) is 0 Å². The number of allylic oxidation sites excluding steroid dienone is 1. The Kier molecular flexibility index (Phi) is 6.77. The molecule has 0 aromatic carbocycles. The Morgan fingerprint density at radius 3 is 2.61 bits per heavy atom. The predicted molar refractivity (Wildman–Crippen MR) is 115 cm³/mol. The van der Waals surface area contributed by atoms with E-state index in [4.69, 9.17) is 13.9 Å². The van der Waals surface area contributed by atoms with Crippen molar-refractivity contribution in [3.8, 4) is 0 Å². The predicted octanol–water partition coefficient (Wildman–Crippen LogP) is 4.88. The zero-order chi connectivity index (χ0) is 22.9. The zero-order valence-corrected chi connectivity index (χ0v) is 19.4. The Morgan fingerprint density at radius 2 is 2.00 bits per heavy atom. The molecular weight excluding hydrogens is 396 g/mol. The summed E-state index contributed by atoms with van der Waals surface area (Å²) in [4.78, 5) is 37.6. The fraction of sp³-hybridized carbons (Fsp3) is 0.640. The summed E-state index contributed by atoms with van der Waals surface area (Å²) in [5, 5.41) is 0. The monoisotopic (exact) mass is 430 g/mol. The van der Waals surface area contributed by atoms with Crippen LogP contribution in [0.1, 0.15) is 76.9 Å². The molecule has 0 bridgehead atoms. The highest BCUT2D eigenvalue weighted by Crippen LogP contribution is 2.59. The molecule has 1 aromatic heterocycles. The molecule has 0 saturated heterocycles. The number of carbonyl (C=O) groups is 3. The normalized spacial score (nSPS) is 30.4. The first kappa shape index (κ1) is 23.3. The second-order valence-electron chi connectivity index (χ2n) is 9.65. The summed E-state index contributed by atoms with van der Waals surface area (Å²) in [5.41, 5.74) is 1.58. The summed E-state index contributed by atoms with van der Waals surface area (Å²) in [6.45, 7) is 11.3. The standard InChI is InChI=1S/C25H34O6/c1-7-15(4)24(28)30-19-9-8-17-11-20-22(16(5)13-29-20)23(25(17,6)18(19)12-26)31-21(27)10-14(2)3/h7,12-14,17-19,23H,8-11H2,1-6H3. The van der Waals surface area contributed by atoms with Gasteiger partial charge in [0.05, 0.1) is 12.2 Å². The van der Waals surface area contributed by atoms with Crippen LogP contribution in [-0.2, 0) is 30.3 Å². The van der Waals surface area contributed by atoms with E-state index in [1.54, 1.807) is 26.2 Å². The molecule has 1 heterocycles. The Bertz CT molecular complexity index is 879. The van der Waals surface area contributed by atoms with Gasteiger partial charge in [0.25, 0.3) is 0 Å². The van der Waals surface area contributed by atoms with Crippen LogP contribution < -0.4 is 0 Å². The van der Waals surface area contributed by atoms with Gasteiger partial charge in [-0.1, -0.05) is 26.8 Å². The van der Waals surface area contributed by atoms with Crippen LogP contribution in [0.5, 0.6) is 0 Å². The van der Waals surface area contributed by atoms with Crippen LogP contribution in [0.3, 0.4) is 0 Å². The van der Waals surface area contributed by atoms with Gasteiger partial charge in [0.1, 0.15) is 24.3 Å². The van der Waals surface area contributed by atoms with Crippen molar-refractivity contribution in [3.05, 3.63) is 34.8 Å². The Labute approximate surface area is 184 Å². The molecule has 31 heavy (non-hydrogen) atoms. The third-order valence-corrected chi connectivity index (χ3v) is 7.14. The largest absolute Gasteiger partial charge is 0.469 e. The molecule has 5 unspecified atom stereocenters. The summed E-state index contributed by atoms with van der Waals surface area (Å²) in [5.74, 6) is -0.218. The third kappa shape index (κ3) is 4.21. The molecule has 1 fully saturated rings. The zero-order valence-electron chi connectivity index (χ0n) is 19.4. The number of furan rings is 1. The van der Waals surface area contributed by atoms with E-state index in [2.05, 4.69) is 0 Å². The van der Waals surface area contributed by atoms with E-state index in [1.807, 2.05) is 27.7 Å². The average molecular weight is 431 g/mol. The molecule has 6 nitrogen and oxygen atoms in total. The summed E-state index contributed by atoms with van der Waals surface area (Å²) in [6.07, 6.45) is 5.43. The molecular formula is C25H34O6. The van der Waals surface area contributed by atoms with Gasteiger partial charge >= 0.3 is 11.9 Å². The number of aldehydes is 1. The van der Waals surface area contributed by atoms with Gasteiger partial charge in [-0.3, -0.25) is 4.79 Å². The molecule has 5 atom stereocenters. The molecule has 0 amide bonds. The summed E-state index contributed by atoms with van der Waals surface area (Å²) < 4.78 is 17.7. The van der Waals surface area contributed by atoms with E-state index < -0.39 is 29.5 Å². The molecule has 0 aliphatic heterocycles. The maximum atomic E-state index is 12.7. The molecule has 2 aliphatic rings. The van der Waals surface area contributed by atoms with Crippen LogP contribution in [-0.4, -0.2) is 24.3 Å². The number of fused-ring (bicyclic) bond motifs is 2.